The predicted octanol–water partition coefficient (Wildman–Crippen LogP) is 0.682. The maximum absolute atomic E-state index is 5.73. The second kappa shape index (κ2) is 3.55. The molecule has 0 radical (unpaired) electrons. The Balaban J connectivity index is 2.47. The predicted molar refractivity (Wildman–Crippen MR) is 51.8 cm³/mol. The SMILES string of the molecule is CC(N)c1nnnn1-c1ccccc1. The van der Waals surface area contributed by atoms with E-state index < -0.39 is 0 Å². The van der Waals surface area contributed by atoms with Crippen molar-refractivity contribution in [1.82, 2.24) is 20.2 Å². The van der Waals surface area contributed by atoms with Crippen LogP contribution in [0.1, 0.15) is 18.8 Å². The highest BCUT2D eigenvalue weighted by atomic mass is 15.5. The number of tetrazole rings is 1. The van der Waals surface area contributed by atoms with Gasteiger partial charge in [0.2, 0.25) is 0 Å². The largest absolute Gasteiger partial charge is 0.321 e. The zero-order chi connectivity index (χ0) is 9.97. The van der Waals surface area contributed by atoms with Gasteiger partial charge in [-0.3, -0.25) is 0 Å². The molecule has 2 rings (SSSR count). The zero-order valence-corrected chi connectivity index (χ0v) is 7.83. The van der Waals surface area contributed by atoms with Gasteiger partial charge in [0.25, 0.3) is 0 Å². The summed E-state index contributed by atoms with van der Waals surface area (Å²) in [5.41, 5.74) is 6.65. The molecule has 0 spiro atoms. The minimum absolute atomic E-state index is 0.176. The Morgan fingerprint density at radius 1 is 1.29 bits per heavy atom. The summed E-state index contributed by atoms with van der Waals surface area (Å²) < 4.78 is 1.64. The number of hydrogen-bond acceptors (Lipinski definition) is 4. The van der Waals surface area contributed by atoms with Crippen LogP contribution in [-0.2, 0) is 0 Å². The molecule has 1 unspecified atom stereocenters. The molecule has 0 amide bonds. The molecule has 72 valence electrons. The van der Waals surface area contributed by atoms with Gasteiger partial charge < -0.3 is 5.73 Å². The van der Waals surface area contributed by atoms with Crippen LogP contribution in [-0.4, -0.2) is 20.2 Å². The van der Waals surface area contributed by atoms with E-state index in [-0.39, 0.29) is 6.04 Å². The third kappa shape index (κ3) is 1.49. The Kier molecular flexibility index (Phi) is 2.24. The molecule has 5 nitrogen and oxygen atoms in total. The molecular weight excluding hydrogens is 178 g/mol. The first-order valence-corrected chi connectivity index (χ1v) is 4.38. The van der Waals surface area contributed by atoms with E-state index in [0.717, 1.165) is 5.69 Å². The Hall–Kier alpha value is -1.75. The van der Waals surface area contributed by atoms with E-state index in [9.17, 15) is 0 Å². The van der Waals surface area contributed by atoms with Crippen LogP contribution in [0.3, 0.4) is 0 Å². The van der Waals surface area contributed by atoms with Crippen molar-refractivity contribution in [3.63, 3.8) is 0 Å². The number of nitrogens with zero attached hydrogens (tertiary/aromatic N) is 4. The van der Waals surface area contributed by atoms with Crippen molar-refractivity contribution in [3.05, 3.63) is 36.2 Å². The van der Waals surface area contributed by atoms with Crippen molar-refractivity contribution in [1.29, 1.82) is 0 Å². The van der Waals surface area contributed by atoms with E-state index in [1.54, 1.807) is 4.68 Å². The fourth-order valence-electron chi connectivity index (χ4n) is 1.23. The minimum Gasteiger partial charge on any atom is -0.321 e. The van der Waals surface area contributed by atoms with Crippen molar-refractivity contribution in [2.75, 3.05) is 0 Å². The van der Waals surface area contributed by atoms with E-state index in [0.29, 0.717) is 5.82 Å². The smallest absolute Gasteiger partial charge is 0.173 e. The minimum atomic E-state index is -0.176. The summed E-state index contributed by atoms with van der Waals surface area (Å²) in [6.07, 6.45) is 0. The summed E-state index contributed by atoms with van der Waals surface area (Å²) in [5, 5.41) is 11.4. The lowest BCUT2D eigenvalue weighted by Crippen LogP contribution is -2.13. The van der Waals surface area contributed by atoms with E-state index in [2.05, 4.69) is 15.5 Å². The van der Waals surface area contributed by atoms with Crippen LogP contribution in [0.5, 0.6) is 0 Å². The fourth-order valence-corrected chi connectivity index (χ4v) is 1.23. The highest BCUT2D eigenvalue weighted by Gasteiger charge is 2.10. The number of aromatic nitrogens is 4. The molecule has 0 saturated carbocycles. The second-order valence-electron chi connectivity index (χ2n) is 3.07. The van der Waals surface area contributed by atoms with Crippen molar-refractivity contribution in [3.8, 4) is 5.69 Å². The van der Waals surface area contributed by atoms with E-state index in [4.69, 9.17) is 5.73 Å². The maximum atomic E-state index is 5.73. The summed E-state index contributed by atoms with van der Waals surface area (Å²) in [7, 11) is 0. The van der Waals surface area contributed by atoms with Crippen molar-refractivity contribution in [2.24, 2.45) is 5.73 Å². The average Bonchev–Trinajstić information content (AvgIpc) is 2.67. The fraction of sp³-hybridized carbons (Fsp3) is 0.222. The van der Waals surface area contributed by atoms with Gasteiger partial charge in [0.1, 0.15) is 0 Å². The van der Waals surface area contributed by atoms with Gasteiger partial charge in [-0.05, 0) is 29.5 Å². The normalized spacial score (nSPS) is 12.7. The number of para-hydroxylation sites is 1. The lowest BCUT2D eigenvalue weighted by Gasteiger charge is -2.05. The lowest BCUT2D eigenvalue weighted by atomic mass is 10.3. The molecule has 5 heteroatoms. The molecule has 1 heterocycles. The van der Waals surface area contributed by atoms with E-state index in [1.165, 1.54) is 0 Å². The number of hydrogen-bond donors (Lipinski definition) is 1. The van der Waals surface area contributed by atoms with Crippen molar-refractivity contribution >= 4 is 0 Å². The molecular formula is C9H11N5. The summed E-state index contributed by atoms with van der Waals surface area (Å²) in [4.78, 5) is 0. The first-order valence-electron chi connectivity index (χ1n) is 4.38. The van der Waals surface area contributed by atoms with Gasteiger partial charge in [-0.1, -0.05) is 18.2 Å². The molecule has 1 aromatic carbocycles. The Bertz CT molecular complexity index is 406. The Labute approximate surface area is 81.5 Å². The highest BCUT2D eigenvalue weighted by Crippen LogP contribution is 2.10. The highest BCUT2D eigenvalue weighted by molar-refractivity contribution is 5.30. The van der Waals surface area contributed by atoms with Gasteiger partial charge in [0.15, 0.2) is 5.82 Å². The Morgan fingerprint density at radius 2 is 2.00 bits per heavy atom. The summed E-state index contributed by atoms with van der Waals surface area (Å²) in [6.45, 7) is 1.85. The first kappa shape index (κ1) is 8.83. The van der Waals surface area contributed by atoms with Gasteiger partial charge in [0, 0.05) is 0 Å². The second-order valence-corrected chi connectivity index (χ2v) is 3.07. The quantitative estimate of drug-likeness (QED) is 0.754. The zero-order valence-electron chi connectivity index (χ0n) is 7.83. The van der Waals surface area contributed by atoms with Crippen LogP contribution < -0.4 is 5.73 Å². The number of benzene rings is 1. The van der Waals surface area contributed by atoms with Crippen LogP contribution in [0.2, 0.25) is 0 Å². The van der Waals surface area contributed by atoms with Crippen LogP contribution in [0.25, 0.3) is 5.69 Å². The standard InChI is InChI=1S/C9H11N5/c1-7(10)9-11-12-13-14(9)8-5-3-2-4-6-8/h2-7H,10H2,1H3. The lowest BCUT2D eigenvalue weighted by molar-refractivity contribution is 0.688. The van der Waals surface area contributed by atoms with Crippen molar-refractivity contribution in [2.45, 2.75) is 13.0 Å². The third-order valence-corrected chi connectivity index (χ3v) is 1.90. The molecule has 0 aliphatic carbocycles. The van der Waals surface area contributed by atoms with Crippen LogP contribution in [0, 0.1) is 0 Å². The van der Waals surface area contributed by atoms with E-state index >= 15 is 0 Å². The van der Waals surface area contributed by atoms with Gasteiger partial charge in [-0.2, -0.15) is 4.68 Å². The topological polar surface area (TPSA) is 69.6 Å². The summed E-state index contributed by atoms with van der Waals surface area (Å²) in [6, 6.07) is 9.50. The average molecular weight is 189 g/mol. The van der Waals surface area contributed by atoms with Gasteiger partial charge >= 0.3 is 0 Å². The Morgan fingerprint density at radius 3 is 2.64 bits per heavy atom. The molecule has 1 atom stereocenters. The molecule has 14 heavy (non-hydrogen) atoms. The third-order valence-electron chi connectivity index (χ3n) is 1.90. The van der Waals surface area contributed by atoms with Gasteiger partial charge in [-0.25, -0.2) is 0 Å². The molecule has 2 aromatic rings. The molecule has 0 bridgehead atoms. The molecule has 0 aliphatic rings. The molecule has 0 saturated heterocycles. The van der Waals surface area contributed by atoms with Crippen LogP contribution in [0.4, 0.5) is 0 Å². The first-order chi connectivity index (χ1) is 6.79. The maximum Gasteiger partial charge on any atom is 0.173 e. The van der Waals surface area contributed by atoms with Crippen LogP contribution >= 0.6 is 0 Å². The number of nitrogens with two attached hydrogens (primary N) is 1. The molecule has 1 aromatic heterocycles. The van der Waals surface area contributed by atoms with E-state index in [1.807, 2.05) is 37.3 Å². The van der Waals surface area contributed by atoms with Gasteiger partial charge in [-0.15, -0.1) is 5.10 Å². The monoisotopic (exact) mass is 189 g/mol. The van der Waals surface area contributed by atoms with Crippen molar-refractivity contribution < 1.29 is 0 Å². The summed E-state index contributed by atoms with van der Waals surface area (Å²) >= 11 is 0. The molecule has 0 aliphatic heterocycles. The molecule has 2 N–H and O–H groups in total. The van der Waals surface area contributed by atoms with Crippen LogP contribution in [0.15, 0.2) is 30.3 Å². The van der Waals surface area contributed by atoms with Gasteiger partial charge in [0.05, 0.1) is 11.7 Å². The number of rotatable bonds is 2. The summed E-state index contributed by atoms with van der Waals surface area (Å²) in [5.74, 6) is 0.663. The molecule has 0 fully saturated rings.